The van der Waals surface area contributed by atoms with Crippen molar-refractivity contribution in [1.29, 1.82) is 0 Å². The van der Waals surface area contributed by atoms with Gasteiger partial charge in [-0.3, -0.25) is 9.59 Å². The van der Waals surface area contributed by atoms with Crippen LogP contribution < -0.4 is 10.9 Å². The van der Waals surface area contributed by atoms with Crippen molar-refractivity contribution in [2.24, 2.45) is 0 Å². The SMILES string of the molecule is CCC(C)(C)NC(=O)Cn1ncc(Br)c(Br)c1=O. The third kappa shape index (κ3) is 3.91. The molecule has 100 valence electrons. The van der Waals surface area contributed by atoms with Crippen molar-refractivity contribution >= 4 is 37.8 Å². The van der Waals surface area contributed by atoms with Crippen molar-refractivity contribution in [2.45, 2.75) is 39.3 Å². The van der Waals surface area contributed by atoms with Crippen molar-refractivity contribution in [1.82, 2.24) is 15.1 Å². The van der Waals surface area contributed by atoms with Crippen LogP contribution in [0.2, 0.25) is 0 Å². The van der Waals surface area contributed by atoms with Gasteiger partial charge >= 0.3 is 0 Å². The van der Waals surface area contributed by atoms with Gasteiger partial charge in [-0.05, 0) is 52.1 Å². The van der Waals surface area contributed by atoms with E-state index in [1.165, 1.54) is 6.20 Å². The Morgan fingerprint density at radius 2 is 2.11 bits per heavy atom. The van der Waals surface area contributed by atoms with Gasteiger partial charge < -0.3 is 5.32 Å². The number of amides is 1. The van der Waals surface area contributed by atoms with Crippen LogP contribution >= 0.6 is 31.9 Å². The van der Waals surface area contributed by atoms with E-state index in [1.54, 1.807) is 0 Å². The molecule has 1 heterocycles. The van der Waals surface area contributed by atoms with Gasteiger partial charge in [-0.1, -0.05) is 6.92 Å². The molecule has 0 radical (unpaired) electrons. The Morgan fingerprint density at radius 1 is 1.50 bits per heavy atom. The van der Waals surface area contributed by atoms with Crippen LogP contribution in [0.5, 0.6) is 0 Å². The van der Waals surface area contributed by atoms with E-state index >= 15 is 0 Å². The highest BCUT2D eigenvalue weighted by molar-refractivity contribution is 9.13. The predicted molar refractivity (Wildman–Crippen MR) is 76.4 cm³/mol. The topological polar surface area (TPSA) is 64.0 Å². The molecule has 0 aliphatic rings. The van der Waals surface area contributed by atoms with Crippen molar-refractivity contribution in [3.05, 3.63) is 25.5 Å². The van der Waals surface area contributed by atoms with Crippen LogP contribution in [0, 0.1) is 0 Å². The standard InChI is InChI=1S/C11H15Br2N3O2/c1-4-11(2,3)15-8(17)6-16-10(18)9(13)7(12)5-14-16/h5H,4,6H2,1-3H3,(H,15,17). The molecule has 0 aromatic carbocycles. The van der Waals surface area contributed by atoms with Gasteiger partial charge in [0.15, 0.2) is 0 Å². The number of carbonyl (C=O) groups excluding carboxylic acids is 1. The maximum atomic E-state index is 11.8. The second-order valence-corrected chi connectivity index (χ2v) is 6.20. The largest absolute Gasteiger partial charge is 0.350 e. The fraction of sp³-hybridized carbons (Fsp3) is 0.545. The molecule has 18 heavy (non-hydrogen) atoms. The van der Waals surface area contributed by atoms with E-state index in [0.717, 1.165) is 11.1 Å². The number of nitrogens with one attached hydrogen (secondary N) is 1. The quantitative estimate of drug-likeness (QED) is 0.869. The van der Waals surface area contributed by atoms with Crippen LogP contribution in [0.3, 0.4) is 0 Å². The van der Waals surface area contributed by atoms with Gasteiger partial charge in [0.05, 0.1) is 10.7 Å². The molecule has 1 aromatic heterocycles. The van der Waals surface area contributed by atoms with Crippen molar-refractivity contribution in [2.75, 3.05) is 0 Å². The Kier molecular flexibility index (Phi) is 5.10. The zero-order valence-electron chi connectivity index (χ0n) is 10.5. The lowest BCUT2D eigenvalue weighted by Crippen LogP contribution is -2.45. The van der Waals surface area contributed by atoms with E-state index in [0.29, 0.717) is 8.95 Å². The molecule has 0 atom stereocenters. The summed E-state index contributed by atoms with van der Waals surface area (Å²) in [4.78, 5) is 23.6. The first-order valence-electron chi connectivity index (χ1n) is 5.49. The van der Waals surface area contributed by atoms with Gasteiger partial charge in [-0.15, -0.1) is 0 Å². The third-order valence-corrected chi connectivity index (χ3v) is 4.50. The zero-order valence-corrected chi connectivity index (χ0v) is 13.6. The molecule has 1 rings (SSSR count). The molecule has 0 aliphatic carbocycles. The molecule has 5 nitrogen and oxygen atoms in total. The number of nitrogens with zero attached hydrogens (tertiary/aromatic N) is 2. The summed E-state index contributed by atoms with van der Waals surface area (Å²) < 4.78 is 2.05. The van der Waals surface area contributed by atoms with Gasteiger partial charge in [0.1, 0.15) is 11.0 Å². The van der Waals surface area contributed by atoms with Gasteiger partial charge in [-0.25, -0.2) is 4.68 Å². The summed E-state index contributed by atoms with van der Waals surface area (Å²) in [6.07, 6.45) is 2.29. The summed E-state index contributed by atoms with van der Waals surface area (Å²) in [7, 11) is 0. The second kappa shape index (κ2) is 5.97. The highest BCUT2D eigenvalue weighted by atomic mass is 79.9. The minimum atomic E-state index is -0.339. The summed E-state index contributed by atoms with van der Waals surface area (Å²) in [5.74, 6) is -0.231. The molecule has 0 saturated heterocycles. The number of aromatic nitrogens is 2. The molecule has 0 saturated carbocycles. The minimum absolute atomic E-state index is 0.0891. The van der Waals surface area contributed by atoms with Crippen LogP contribution in [-0.4, -0.2) is 21.2 Å². The van der Waals surface area contributed by atoms with Crippen LogP contribution in [0.4, 0.5) is 0 Å². The smallest absolute Gasteiger partial charge is 0.282 e. The summed E-state index contributed by atoms with van der Waals surface area (Å²) in [5.41, 5.74) is -0.623. The summed E-state index contributed by atoms with van der Waals surface area (Å²) >= 11 is 6.33. The van der Waals surface area contributed by atoms with Crippen LogP contribution in [-0.2, 0) is 11.3 Å². The van der Waals surface area contributed by atoms with Crippen molar-refractivity contribution in [3.63, 3.8) is 0 Å². The second-order valence-electron chi connectivity index (χ2n) is 4.55. The predicted octanol–water partition coefficient (Wildman–Crippen LogP) is 2.07. The number of hydrogen-bond donors (Lipinski definition) is 1. The fourth-order valence-corrected chi connectivity index (χ4v) is 1.77. The van der Waals surface area contributed by atoms with E-state index in [4.69, 9.17) is 0 Å². The molecule has 0 fully saturated rings. The first kappa shape index (κ1) is 15.4. The normalized spacial score (nSPS) is 11.4. The number of carbonyl (C=O) groups is 1. The van der Waals surface area contributed by atoms with Crippen molar-refractivity contribution < 1.29 is 4.79 Å². The molecule has 0 aliphatic heterocycles. The lowest BCUT2D eigenvalue weighted by atomic mass is 10.0. The average Bonchev–Trinajstić information content (AvgIpc) is 2.29. The Morgan fingerprint density at radius 3 is 2.67 bits per heavy atom. The number of rotatable bonds is 4. The molecule has 0 spiro atoms. The Balaban J connectivity index is 2.84. The molecule has 0 bridgehead atoms. The number of hydrogen-bond acceptors (Lipinski definition) is 3. The molecule has 7 heteroatoms. The van der Waals surface area contributed by atoms with E-state index in [-0.39, 0.29) is 23.6 Å². The van der Waals surface area contributed by atoms with Crippen molar-refractivity contribution in [3.8, 4) is 0 Å². The zero-order chi connectivity index (χ0) is 13.9. The summed E-state index contributed by atoms with van der Waals surface area (Å²) in [5, 5.41) is 6.75. The lowest BCUT2D eigenvalue weighted by molar-refractivity contribution is -0.123. The van der Waals surface area contributed by atoms with Gasteiger partial charge in [0, 0.05) is 5.54 Å². The molecular formula is C11H15Br2N3O2. The minimum Gasteiger partial charge on any atom is -0.350 e. The van der Waals surface area contributed by atoms with E-state index in [2.05, 4.69) is 42.3 Å². The Bertz CT molecular complexity index is 512. The fourth-order valence-electron chi connectivity index (χ4n) is 1.20. The van der Waals surface area contributed by atoms with Crippen LogP contribution in [0.15, 0.2) is 19.9 Å². The van der Waals surface area contributed by atoms with Gasteiger partial charge in [0.25, 0.3) is 5.56 Å². The maximum absolute atomic E-state index is 11.8. The summed E-state index contributed by atoms with van der Waals surface area (Å²) in [6.45, 7) is 5.76. The highest BCUT2D eigenvalue weighted by Crippen LogP contribution is 2.16. The van der Waals surface area contributed by atoms with Crippen LogP contribution in [0.25, 0.3) is 0 Å². The lowest BCUT2D eigenvalue weighted by Gasteiger charge is -2.24. The molecule has 1 aromatic rings. The first-order chi connectivity index (χ1) is 8.26. The monoisotopic (exact) mass is 379 g/mol. The molecular weight excluding hydrogens is 366 g/mol. The molecule has 1 N–H and O–H groups in total. The highest BCUT2D eigenvalue weighted by Gasteiger charge is 2.18. The maximum Gasteiger partial charge on any atom is 0.282 e. The number of halogens is 2. The van der Waals surface area contributed by atoms with E-state index in [9.17, 15) is 9.59 Å². The van der Waals surface area contributed by atoms with E-state index < -0.39 is 0 Å². The molecule has 1 amide bonds. The Hall–Kier alpha value is -0.690. The van der Waals surface area contributed by atoms with E-state index in [1.807, 2.05) is 20.8 Å². The van der Waals surface area contributed by atoms with Crippen LogP contribution in [0.1, 0.15) is 27.2 Å². The van der Waals surface area contributed by atoms with Gasteiger partial charge in [-0.2, -0.15) is 5.10 Å². The Labute approximate surface area is 122 Å². The summed E-state index contributed by atoms with van der Waals surface area (Å²) in [6, 6.07) is 0. The average molecular weight is 381 g/mol. The molecule has 0 unspecified atom stereocenters. The first-order valence-corrected chi connectivity index (χ1v) is 7.07. The van der Waals surface area contributed by atoms with Gasteiger partial charge in [0.2, 0.25) is 5.91 Å². The third-order valence-electron chi connectivity index (χ3n) is 2.60.